The highest BCUT2D eigenvalue weighted by molar-refractivity contribution is 8.00. The fourth-order valence-corrected chi connectivity index (χ4v) is 2.16. The molecular formula is C10H15N3S. The van der Waals surface area contributed by atoms with Gasteiger partial charge in [0.25, 0.3) is 0 Å². The Hall–Kier alpha value is -0.770. The van der Waals surface area contributed by atoms with E-state index in [-0.39, 0.29) is 0 Å². The highest BCUT2D eigenvalue weighted by Gasteiger charge is 2.23. The maximum Gasteiger partial charge on any atom is 0.135 e. The Morgan fingerprint density at radius 1 is 1.50 bits per heavy atom. The van der Waals surface area contributed by atoms with E-state index < -0.39 is 0 Å². The molecule has 0 radical (unpaired) electrons. The van der Waals surface area contributed by atoms with Crippen molar-refractivity contribution in [2.45, 2.75) is 19.3 Å². The molecule has 0 atom stereocenters. The van der Waals surface area contributed by atoms with E-state index in [0.29, 0.717) is 5.92 Å². The van der Waals surface area contributed by atoms with Gasteiger partial charge in [-0.15, -0.1) is 0 Å². The molecule has 1 N–H and O–H groups in total. The van der Waals surface area contributed by atoms with E-state index in [0.717, 1.165) is 23.8 Å². The average Bonchev–Trinajstić information content (AvgIpc) is 2.14. The lowest BCUT2D eigenvalue weighted by atomic mass is 10.2. The summed E-state index contributed by atoms with van der Waals surface area (Å²) < 4.78 is 0. The van der Waals surface area contributed by atoms with Gasteiger partial charge in [-0.1, -0.05) is 6.92 Å². The van der Waals surface area contributed by atoms with E-state index in [1.807, 2.05) is 24.9 Å². The fourth-order valence-electron chi connectivity index (χ4n) is 1.39. The Morgan fingerprint density at radius 2 is 2.29 bits per heavy atom. The number of thioether (sulfide) groups is 1. The molecule has 1 aromatic rings. The number of hydrogen-bond donors (Lipinski definition) is 1. The van der Waals surface area contributed by atoms with Crippen molar-refractivity contribution >= 4 is 17.6 Å². The molecule has 2 rings (SSSR count). The van der Waals surface area contributed by atoms with E-state index in [1.165, 1.54) is 11.5 Å². The number of hydrogen-bond acceptors (Lipinski definition) is 4. The van der Waals surface area contributed by atoms with Gasteiger partial charge in [-0.05, 0) is 6.42 Å². The molecule has 4 heteroatoms. The van der Waals surface area contributed by atoms with Crippen LogP contribution in [-0.2, 0) is 6.42 Å². The van der Waals surface area contributed by atoms with Crippen molar-refractivity contribution in [3.8, 4) is 0 Å². The van der Waals surface area contributed by atoms with Crippen LogP contribution in [0, 0.1) is 0 Å². The van der Waals surface area contributed by atoms with Gasteiger partial charge in [0.2, 0.25) is 0 Å². The topological polar surface area (TPSA) is 37.8 Å². The fraction of sp³-hybridized carbons (Fsp3) is 0.600. The van der Waals surface area contributed by atoms with Gasteiger partial charge in [-0.3, -0.25) is 0 Å². The summed E-state index contributed by atoms with van der Waals surface area (Å²) in [6.07, 6.45) is 0.976. The third-order valence-electron chi connectivity index (χ3n) is 2.42. The molecule has 2 heterocycles. The summed E-state index contributed by atoms with van der Waals surface area (Å²) in [6, 6.07) is 2.02. The van der Waals surface area contributed by atoms with Gasteiger partial charge in [-0.25, -0.2) is 9.97 Å². The van der Waals surface area contributed by atoms with Crippen LogP contribution in [0.3, 0.4) is 0 Å². The number of nitrogens with zero attached hydrogens (tertiary/aromatic N) is 2. The second-order valence-corrected chi connectivity index (χ2v) is 4.52. The van der Waals surface area contributed by atoms with Crippen molar-refractivity contribution in [2.75, 3.05) is 23.9 Å². The zero-order valence-electron chi connectivity index (χ0n) is 8.58. The molecule has 1 aliphatic heterocycles. The molecule has 3 nitrogen and oxygen atoms in total. The average molecular weight is 209 g/mol. The van der Waals surface area contributed by atoms with Crippen LogP contribution in [0.4, 0.5) is 5.82 Å². The van der Waals surface area contributed by atoms with E-state index in [9.17, 15) is 0 Å². The van der Waals surface area contributed by atoms with Gasteiger partial charge >= 0.3 is 0 Å². The molecule has 0 bridgehead atoms. The first-order valence-corrected chi connectivity index (χ1v) is 6.12. The predicted molar refractivity (Wildman–Crippen MR) is 61.0 cm³/mol. The zero-order chi connectivity index (χ0) is 9.97. The Bertz CT molecular complexity index is 301. The lowest BCUT2D eigenvalue weighted by Crippen LogP contribution is -2.19. The van der Waals surface area contributed by atoms with Crippen molar-refractivity contribution in [3.63, 3.8) is 0 Å². The highest BCUT2D eigenvalue weighted by Crippen LogP contribution is 2.32. The summed E-state index contributed by atoms with van der Waals surface area (Å²) in [5.74, 6) is 4.90. The summed E-state index contributed by atoms with van der Waals surface area (Å²) in [5, 5.41) is 3.09. The minimum atomic E-state index is 0.582. The third-order valence-corrected chi connectivity index (χ3v) is 3.69. The van der Waals surface area contributed by atoms with Crippen LogP contribution < -0.4 is 5.32 Å². The number of rotatable bonds is 3. The largest absolute Gasteiger partial charge is 0.373 e. The van der Waals surface area contributed by atoms with Crippen molar-refractivity contribution in [2.24, 2.45) is 0 Å². The van der Waals surface area contributed by atoms with Gasteiger partial charge in [-0.2, -0.15) is 11.8 Å². The number of anilines is 1. The molecule has 0 aliphatic carbocycles. The van der Waals surface area contributed by atoms with E-state index in [4.69, 9.17) is 0 Å². The molecular weight excluding hydrogens is 194 g/mol. The minimum Gasteiger partial charge on any atom is -0.373 e. The summed E-state index contributed by atoms with van der Waals surface area (Å²) in [6.45, 7) is 2.13. The van der Waals surface area contributed by atoms with Crippen LogP contribution in [0.2, 0.25) is 0 Å². The monoisotopic (exact) mass is 209 g/mol. The normalized spacial score (nSPS) is 16.4. The highest BCUT2D eigenvalue weighted by atomic mass is 32.2. The number of aryl methyl sites for hydroxylation is 1. The number of nitrogens with one attached hydrogen (secondary N) is 1. The van der Waals surface area contributed by atoms with E-state index in [1.54, 1.807) is 0 Å². The third kappa shape index (κ3) is 1.85. The molecule has 76 valence electrons. The van der Waals surface area contributed by atoms with Crippen LogP contribution in [0.5, 0.6) is 0 Å². The van der Waals surface area contributed by atoms with Crippen molar-refractivity contribution in [3.05, 3.63) is 17.6 Å². The van der Waals surface area contributed by atoms with E-state index in [2.05, 4.69) is 22.2 Å². The predicted octanol–water partition coefficient (Wildman–Crippen LogP) is 1.91. The van der Waals surface area contributed by atoms with Crippen LogP contribution >= 0.6 is 11.8 Å². The SMILES string of the molecule is CCc1cc(NC)nc(C2CSC2)n1. The van der Waals surface area contributed by atoms with E-state index >= 15 is 0 Å². The first kappa shape index (κ1) is 9.77. The Labute approximate surface area is 88.7 Å². The first-order valence-electron chi connectivity index (χ1n) is 4.96. The lowest BCUT2D eigenvalue weighted by Gasteiger charge is -2.23. The Kier molecular flexibility index (Phi) is 2.91. The molecule has 14 heavy (non-hydrogen) atoms. The van der Waals surface area contributed by atoms with Gasteiger partial charge in [0, 0.05) is 36.2 Å². The van der Waals surface area contributed by atoms with Crippen molar-refractivity contribution < 1.29 is 0 Å². The molecule has 0 unspecified atom stereocenters. The van der Waals surface area contributed by atoms with Crippen LogP contribution in [0.25, 0.3) is 0 Å². The Balaban J connectivity index is 2.28. The smallest absolute Gasteiger partial charge is 0.135 e. The van der Waals surface area contributed by atoms with Gasteiger partial charge < -0.3 is 5.32 Å². The van der Waals surface area contributed by atoms with Crippen LogP contribution in [0.15, 0.2) is 6.07 Å². The summed E-state index contributed by atoms with van der Waals surface area (Å²) in [5.41, 5.74) is 1.14. The van der Waals surface area contributed by atoms with Gasteiger partial charge in [0.15, 0.2) is 0 Å². The lowest BCUT2D eigenvalue weighted by molar-refractivity contribution is 0.751. The quantitative estimate of drug-likeness (QED) is 0.825. The summed E-state index contributed by atoms with van der Waals surface area (Å²) in [4.78, 5) is 9.04. The van der Waals surface area contributed by atoms with Crippen molar-refractivity contribution in [1.29, 1.82) is 0 Å². The first-order chi connectivity index (χ1) is 6.83. The Morgan fingerprint density at radius 3 is 2.79 bits per heavy atom. The number of aromatic nitrogens is 2. The zero-order valence-corrected chi connectivity index (χ0v) is 9.40. The standard InChI is InChI=1S/C10H15N3S/c1-3-8-4-9(11-2)13-10(12-8)7-5-14-6-7/h4,7H,3,5-6H2,1-2H3,(H,11,12,13). The van der Waals surface area contributed by atoms with Crippen LogP contribution in [0.1, 0.15) is 24.4 Å². The maximum atomic E-state index is 4.56. The minimum absolute atomic E-state index is 0.582. The maximum absolute atomic E-state index is 4.56. The molecule has 1 aliphatic rings. The molecule has 1 saturated heterocycles. The molecule has 0 aromatic carbocycles. The molecule has 1 fully saturated rings. The summed E-state index contributed by atoms with van der Waals surface area (Å²) >= 11 is 1.97. The van der Waals surface area contributed by atoms with Gasteiger partial charge in [0.1, 0.15) is 11.6 Å². The van der Waals surface area contributed by atoms with Crippen molar-refractivity contribution in [1.82, 2.24) is 9.97 Å². The second kappa shape index (κ2) is 4.17. The molecule has 1 aromatic heterocycles. The van der Waals surface area contributed by atoms with Gasteiger partial charge in [0.05, 0.1) is 0 Å². The van der Waals surface area contributed by atoms with Crippen LogP contribution in [-0.4, -0.2) is 28.5 Å². The molecule has 0 saturated carbocycles. The molecule has 0 spiro atoms. The summed E-state index contributed by atoms with van der Waals surface area (Å²) in [7, 11) is 1.90. The second-order valence-electron chi connectivity index (χ2n) is 3.44. The molecule has 0 amide bonds.